The van der Waals surface area contributed by atoms with Gasteiger partial charge in [-0.2, -0.15) is 13.2 Å². The van der Waals surface area contributed by atoms with Gasteiger partial charge >= 0.3 is 18.1 Å². The number of ether oxygens (including phenoxy) is 1. The molecule has 35 heavy (non-hydrogen) atoms. The molecule has 5 rings (SSSR count). The molecule has 8 nitrogen and oxygen atoms in total. The Morgan fingerprint density at radius 3 is 2.66 bits per heavy atom. The summed E-state index contributed by atoms with van der Waals surface area (Å²) in [7, 11) is 0. The van der Waals surface area contributed by atoms with Crippen molar-refractivity contribution in [3.8, 4) is 0 Å². The molecule has 1 amide bonds. The predicted octanol–water partition coefficient (Wildman–Crippen LogP) is 2.71. The molecule has 186 valence electrons. The van der Waals surface area contributed by atoms with E-state index in [9.17, 15) is 27.6 Å². The molecule has 1 aromatic heterocycles. The maximum Gasteiger partial charge on any atom is 0.471 e. The number of aliphatic imine (C=N–C) groups is 1. The first-order valence-electron chi connectivity index (χ1n) is 11.3. The zero-order chi connectivity index (χ0) is 25.1. The summed E-state index contributed by atoms with van der Waals surface area (Å²) in [5.41, 5.74) is -0.00264. The normalized spacial score (nSPS) is 21.5. The first kappa shape index (κ1) is 23.3. The summed E-state index contributed by atoms with van der Waals surface area (Å²) in [6, 6.07) is -0.494. The lowest BCUT2D eigenvalue weighted by atomic mass is 10.0. The van der Waals surface area contributed by atoms with Crippen molar-refractivity contribution in [2.45, 2.75) is 50.5 Å². The molecule has 0 bridgehead atoms. The van der Waals surface area contributed by atoms with Crippen LogP contribution < -0.4 is 15.6 Å². The minimum atomic E-state index is -5.03. The molecular formula is C23H22F4N4O4. The molecule has 2 atom stereocenters. The highest BCUT2D eigenvalue weighted by atomic mass is 19.4. The molecule has 1 N–H and O–H groups in total. The Morgan fingerprint density at radius 2 is 2.00 bits per heavy atom. The number of pyridine rings is 1. The monoisotopic (exact) mass is 494 g/mol. The van der Waals surface area contributed by atoms with Gasteiger partial charge in [0.1, 0.15) is 11.4 Å². The Bertz CT molecular complexity index is 1320. The number of fused-ring (bicyclic) bond motifs is 5. The van der Waals surface area contributed by atoms with Crippen LogP contribution in [0.2, 0.25) is 0 Å². The van der Waals surface area contributed by atoms with E-state index in [1.54, 1.807) is 16.4 Å². The van der Waals surface area contributed by atoms with Gasteiger partial charge in [-0.1, -0.05) is 0 Å². The smallest absolute Gasteiger partial charge is 0.462 e. The maximum atomic E-state index is 15.6. The number of anilines is 1. The van der Waals surface area contributed by atoms with Crippen LogP contribution in [0.3, 0.4) is 0 Å². The van der Waals surface area contributed by atoms with Crippen molar-refractivity contribution in [3.05, 3.63) is 39.4 Å². The number of rotatable bonds is 4. The molecule has 1 saturated heterocycles. The fraction of sp³-hybridized carbons (Fsp3) is 0.478. The van der Waals surface area contributed by atoms with Gasteiger partial charge in [-0.05, 0) is 32.3 Å². The van der Waals surface area contributed by atoms with Crippen molar-refractivity contribution in [3.63, 3.8) is 0 Å². The number of alkyl halides is 3. The average molecular weight is 494 g/mol. The number of nitrogens with zero attached hydrogens (tertiary/aromatic N) is 3. The number of hydrogen-bond donors (Lipinski definition) is 1. The number of benzene rings is 1. The highest BCUT2D eigenvalue weighted by Crippen LogP contribution is 2.41. The lowest BCUT2D eigenvalue weighted by molar-refractivity contribution is -0.174. The zero-order valence-corrected chi connectivity index (χ0v) is 18.7. The maximum absolute atomic E-state index is 15.6. The van der Waals surface area contributed by atoms with Crippen molar-refractivity contribution in [1.82, 2.24) is 9.88 Å². The predicted molar refractivity (Wildman–Crippen MR) is 119 cm³/mol. The second kappa shape index (κ2) is 8.35. The summed E-state index contributed by atoms with van der Waals surface area (Å²) in [4.78, 5) is 43.0. The highest BCUT2D eigenvalue weighted by molar-refractivity contribution is 6.06. The average Bonchev–Trinajstić information content (AvgIpc) is 3.59. The number of aromatic nitrogens is 1. The minimum Gasteiger partial charge on any atom is -0.462 e. The minimum absolute atomic E-state index is 0.00437. The molecule has 0 unspecified atom stereocenters. The van der Waals surface area contributed by atoms with Crippen molar-refractivity contribution in [1.29, 1.82) is 0 Å². The lowest BCUT2D eigenvalue weighted by Gasteiger charge is -2.29. The third-order valence-electron chi connectivity index (χ3n) is 6.63. The lowest BCUT2D eigenvalue weighted by Crippen LogP contribution is -2.50. The Hall–Kier alpha value is -3.44. The fourth-order valence-electron chi connectivity index (χ4n) is 4.94. The first-order chi connectivity index (χ1) is 16.6. The Balaban J connectivity index is 1.64. The van der Waals surface area contributed by atoms with E-state index in [0.717, 1.165) is 18.9 Å². The molecule has 3 aliphatic rings. The summed E-state index contributed by atoms with van der Waals surface area (Å²) in [5.74, 6) is -3.60. The van der Waals surface area contributed by atoms with E-state index >= 15 is 4.39 Å². The van der Waals surface area contributed by atoms with Gasteiger partial charge in [-0.3, -0.25) is 14.6 Å². The summed E-state index contributed by atoms with van der Waals surface area (Å²) in [5, 5.41) is 2.01. The van der Waals surface area contributed by atoms with Gasteiger partial charge in [-0.25, -0.2) is 9.18 Å². The van der Waals surface area contributed by atoms with Crippen LogP contribution in [0, 0.1) is 5.82 Å². The van der Waals surface area contributed by atoms with Crippen LogP contribution in [0.5, 0.6) is 0 Å². The van der Waals surface area contributed by atoms with Crippen LogP contribution >= 0.6 is 0 Å². The van der Waals surface area contributed by atoms with Crippen molar-refractivity contribution >= 4 is 34.7 Å². The van der Waals surface area contributed by atoms with Gasteiger partial charge in [0.15, 0.2) is 0 Å². The molecule has 2 fully saturated rings. The first-order valence-corrected chi connectivity index (χ1v) is 11.3. The van der Waals surface area contributed by atoms with E-state index in [0.29, 0.717) is 11.1 Å². The van der Waals surface area contributed by atoms with Crippen LogP contribution in [0.15, 0.2) is 22.1 Å². The van der Waals surface area contributed by atoms with E-state index in [2.05, 4.69) is 4.99 Å². The fourth-order valence-corrected chi connectivity index (χ4v) is 4.94. The van der Waals surface area contributed by atoms with E-state index in [1.165, 1.54) is 12.4 Å². The van der Waals surface area contributed by atoms with Gasteiger partial charge in [-0.15, -0.1) is 0 Å². The van der Waals surface area contributed by atoms with Crippen LogP contribution in [0.4, 0.5) is 23.2 Å². The molecule has 3 heterocycles. The van der Waals surface area contributed by atoms with Gasteiger partial charge in [0.25, 0.3) is 0 Å². The van der Waals surface area contributed by atoms with E-state index in [4.69, 9.17) is 4.74 Å². The second-order valence-corrected chi connectivity index (χ2v) is 8.87. The number of carbonyl (C=O) groups excluding carboxylic acids is 2. The van der Waals surface area contributed by atoms with E-state index < -0.39 is 41.4 Å². The Labute approximate surface area is 196 Å². The van der Waals surface area contributed by atoms with Crippen LogP contribution in [0.1, 0.15) is 48.1 Å². The third kappa shape index (κ3) is 3.94. The summed E-state index contributed by atoms with van der Waals surface area (Å²) >= 11 is 0. The molecule has 0 spiro atoms. The SMILES string of the molecule is CCOC(=O)c1cn(C2CC2)c2c3c(c(F)cc2c1=O)N1CC[C@@H](NC(=O)C(F)(F)F)[C@H]1CN=C3. The largest absolute Gasteiger partial charge is 0.471 e. The molecule has 12 heteroatoms. The number of hydrogen-bond acceptors (Lipinski definition) is 6. The summed E-state index contributed by atoms with van der Waals surface area (Å²) in [6.07, 6.45) is -0.383. The van der Waals surface area contributed by atoms with Crippen molar-refractivity contribution in [2.75, 3.05) is 24.6 Å². The quantitative estimate of drug-likeness (QED) is 0.521. The molecule has 1 aromatic carbocycles. The zero-order valence-electron chi connectivity index (χ0n) is 18.7. The number of nitrogens with one attached hydrogen (secondary N) is 1. The van der Waals surface area contributed by atoms with Crippen molar-refractivity contribution in [2.24, 2.45) is 4.99 Å². The Morgan fingerprint density at radius 1 is 1.26 bits per heavy atom. The van der Waals surface area contributed by atoms with E-state index in [-0.39, 0.29) is 48.8 Å². The van der Waals surface area contributed by atoms with Gasteiger partial charge in [0.05, 0.1) is 41.8 Å². The van der Waals surface area contributed by atoms with Crippen LogP contribution in [-0.4, -0.2) is 60.6 Å². The molecule has 1 aliphatic carbocycles. The number of halogens is 4. The number of esters is 1. The molecular weight excluding hydrogens is 472 g/mol. The van der Waals surface area contributed by atoms with Crippen LogP contribution in [0.25, 0.3) is 10.9 Å². The summed E-state index contributed by atoms with van der Waals surface area (Å²) < 4.78 is 60.8. The van der Waals surface area contributed by atoms with E-state index in [1.807, 2.05) is 5.32 Å². The molecule has 2 aliphatic heterocycles. The van der Waals surface area contributed by atoms with Crippen LogP contribution in [-0.2, 0) is 9.53 Å². The number of amides is 1. The topological polar surface area (TPSA) is 93.0 Å². The number of carbonyl (C=O) groups is 2. The van der Waals surface area contributed by atoms with Gasteiger partial charge in [0, 0.05) is 30.6 Å². The third-order valence-corrected chi connectivity index (χ3v) is 6.63. The molecule has 2 aromatic rings. The molecule has 0 radical (unpaired) electrons. The van der Waals surface area contributed by atoms with Gasteiger partial charge < -0.3 is 19.5 Å². The van der Waals surface area contributed by atoms with Gasteiger partial charge in [0.2, 0.25) is 5.43 Å². The highest BCUT2D eigenvalue weighted by Gasteiger charge is 2.45. The Kier molecular flexibility index (Phi) is 5.56. The standard InChI is InChI=1S/C23H22F4N4O4/c1-2-35-21(33)14-10-31(11-3-4-11)18-12(20(14)32)7-15(24)19-13(18)8-28-9-17-16(5-6-30(17)19)29-22(34)23(25,26)27/h7-8,10-11,16-17H,2-6,9H2,1H3,(H,29,34)/t16-,17-/m1/s1. The van der Waals surface area contributed by atoms with Crippen molar-refractivity contribution < 1.29 is 31.9 Å². The summed E-state index contributed by atoms with van der Waals surface area (Å²) in [6.45, 7) is 1.92. The second-order valence-electron chi connectivity index (χ2n) is 8.87. The molecule has 1 saturated carbocycles.